The van der Waals surface area contributed by atoms with E-state index < -0.39 is 0 Å². The maximum atomic E-state index is 8.41. The summed E-state index contributed by atoms with van der Waals surface area (Å²) >= 11 is 0. The summed E-state index contributed by atoms with van der Waals surface area (Å²) in [5.74, 6) is 1.05. The van der Waals surface area contributed by atoms with Crippen LogP contribution in [0.5, 0.6) is 0 Å². The molecule has 1 atom stereocenters. The Morgan fingerprint density at radius 2 is 2.21 bits per heavy atom. The van der Waals surface area contributed by atoms with Crippen molar-refractivity contribution in [3.63, 3.8) is 0 Å². The van der Waals surface area contributed by atoms with Crippen LogP contribution in [-0.2, 0) is 0 Å². The Morgan fingerprint density at radius 3 is 2.71 bits per heavy atom. The number of nitrogens with two attached hydrogens (primary N) is 1. The van der Waals surface area contributed by atoms with Crippen LogP contribution in [0.25, 0.3) is 0 Å². The predicted octanol–water partition coefficient (Wildman–Crippen LogP) is -0.583. The molecule has 3 saturated heterocycles. The zero-order valence-corrected chi connectivity index (χ0v) is 8.32. The number of oxime groups is 1. The van der Waals surface area contributed by atoms with Crippen molar-refractivity contribution in [1.29, 1.82) is 0 Å². The maximum absolute atomic E-state index is 8.41. The number of amidine groups is 1. The summed E-state index contributed by atoms with van der Waals surface area (Å²) in [6.07, 6.45) is 2.57. The molecule has 0 aromatic rings. The van der Waals surface area contributed by atoms with Crippen LogP contribution in [0.1, 0.15) is 12.8 Å². The van der Waals surface area contributed by atoms with Gasteiger partial charge in [-0.3, -0.25) is 0 Å². The fourth-order valence-electron chi connectivity index (χ4n) is 2.47. The molecule has 1 unspecified atom stereocenters. The fourth-order valence-corrected chi connectivity index (χ4v) is 2.47. The second kappa shape index (κ2) is 4.14. The molecule has 0 spiro atoms. The highest BCUT2D eigenvalue weighted by atomic mass is 16.4. The van der Waals surface area contributed by atoms with Crippen molar-refractivity contribution < 1.29 is 5.21 Å². The third-order valence-corrected chi connectivity index (χ3v) is 3.33. The molecule has 2 bridgehead atoms. The van der Waals surface area contributed by atoms with Gasteiger partial charge in [0.1, 0.15) is 0 Å². The quantitative estimate of drug-likeness (QED) is 0.245. The van der Waals surface area contributed by atoms with E-state index in [1.165, 1.54) is 25.9 Å². The minimum atomic E-state index is 0.265. The standard InChI is InChI=1S/C9H18N4O/c10-9(12-14)5-11-8-6-13-3-1-7(8)2-4-13/h7-8,11,14H,1-6H2,(H2,10,12). The van der Waals surface area contributed by atoms with Gasteiger partial charge in [-0.25, -0.2) is 0 Å². The van der Waals surface area contributed by atoms with Crippen molar-refractivity contribution in [2.24, 2.45) is 16.8 Å². The van der Waals surface area contributed by atoms with Gasteiger partial charge >= 0.3 is 0 Å². The van der Waals surface area contributed by atoms with Gasteiger partial charge in [-0.1, -0.05) is 5.16 Å². The molecule has 3 heterocycles. The first-order valence-electron chi connectivity index (χ1n) is 5.21. The summed E-state index contributed by atoms with van der Waals surface area (Å²) < 4.78 is 0. The van der Waals surface area contributed by atoms with Gasteiger partial charge in [-0.15, -0.1) is 0 Å². The summed E-state index contributed by atoms with van der Waals surface area (Å²) in [4.78, 5) is 2.48. The third kappa shape index (κ3) is 1.99. The topological polar surface area (TPSA) is 73.9 Å². The van der Waals surface area contributed by atoms with Crippen molar-refractivity contribution in [3.8, 4) is 0 Å². The van der Waals surface area contributed by atoms with E-state index >= 15 is 0 Å². The van der Waals surface area contributed by atoms with Crippen molar-refractivity contribution in [2.75, 3.05) is 26.2 Å². The first kappa shape index (κ1) is 9.73. The van der Waals surface area contributed by atoms with E-state index in [2.05, 4.69) is 15.4 Å². The minimum absolute atomic E-state index is 0.265. The molecular formula is C9H18N4O. The van der Waals surface area contributed by atoms with E-state index in [0.29, 0.717) is 12.6 Å². The molecule has 5 nitrogen and oxygen atoms in total. The molecule has 3 aliphatic rings. The highest BCUT2D eigenvalue weighted by molar-refractivity contribution is 5.81. The van der Waals surface area contributed by atoms with Crippen LogP contribution < -0.4 is 11.1 Å². The Hall–Kier alpha value is -0.810. The van der Waals surface area contributed by atoms with Crippen LogP contribution >= 0.6 is 0 Å². The molecule has 3 rings (SSSR count). The molecular weight excluding hydrogens is 180 g/mol. The SMILES string of the molecule is N/C(CNC1CN2CCC1CC2)=N\O. The van der Waals surface area contributed by atoms with Gasteiger partial charge in [0.05, 0.1) is 6.54 Å². The first-order valence-corrected chi connectivity index (χ1v) is 5.21. The maximum Gasteiger partial charge on any atom is 0.153 e. The molecule has 4 N–H and O–H groups in total. The lowest BCUT2D eigenvalue weighted by atomic mass is 9.84. The molecule has 0 aliphatic carbocycles. The van der Waals surface area contributed by atoms with E-state index in [1.54, 1.807) is 0 Å². The number of hydrogen-bond donors (Lipinski definition) is 3. The number of nitrogens with zero attached hydrogens (tertiary/aromatic N) is 2. The second-order valence-electron chi connectivity index (χ2n) is 4.22. The lowest BCUT2D eigenvalue weighted by molar-refractivity contribution is 0.0749. The molecule has 5 heteroatoms. The smallest absolute Gasteiger partial charge is 0.153 e. The normalized spacial score (nSPS) is 37.4. The molecule has 0 saturated carbocycles. The summed E-state index contributed by atoms with van der Waals surface area (Å²) in [6.45, 7) is 4.09. The minimum Gasteiger partial charge on any atom is -0.409 e. The Labute approximate surface area is 83.9 Å². The zero-order valence-electron chi connectivity index (χ0n) is 8.32. The highest BCUT2D eigenvalue weighted by Gasteiger charge is 2.33. The number of nitrogens with one attached hydrogen (secondary N) is 1. The Balaban J connectivity index is 1.81. The third-order valence-electron chi connectivity index (χ3n) is 3.33. The largest absolute Gasteiger partial charge is 0.409 e. The van der Waals surface area contributed by atoms with Gasteiger partial charge in [0.2, 0.25) is 0 Å². The highest BCUT2D eigenvalue weighted by Crippen LogP contribution is 2.27. The average molecular weight is 198 g/mol. The van der Waals surface area contributed by atoms with Crippen LogP contribution in [0.4, 0.5) is 0 Å². The number of fused-ring (bicyclic) bond motifs is 3. The van der Waals surface area contributed by atoms with E-state index in [4.69, 9.17) is 10.9 Å². The van der Waals surface area contributed by atoms with Crippen LogP contribution in [-0.4, -0.2) is 48.2 Å². The Morgan fingerprint density at radius 1 is 1.50 bits per heavy atom. The molecule has 0 aromatic carbocycles. The van der Waals surface area contributed by atoms with Crippen molar-refractivity contribution in [2.45, 2.75) is 18.9 Å². The molecule has 0 radical (unpaired) electrons. The fraction of sp³-hybridized carbons (Fsp3) is 0.889. The molecule has 3 aliphatic heterocycles. The Bertz CT molecular complexity index is 223. The van der Waals surface area contributed by atoms with Crippen molar-refractivity contribution >= 4 is 5.84 Å². The van der Waals surface area contributed by atoms with Gasteiger partial charge in [0, 0.05) is 12.6 Å². The van der Waals surface area contributed by atoms with Crippen molar-refractivity contribution in [1.82, 2.24) is 10.2 Å². The summed E-state index contributed by atoms with van der Waals surface area (Å²) in [5.41, 5.74) is 5.41. The zero-order chi connectivity index (χ0) is 9.97. The van der Waals surface area contributed by atoms with Gasteiger partial charge in [0.25, 0.3) is 0 Å². The lowest BCUT2D eigenvalue weighted by Gasteiger charge is -2.45. The van der Waals surface area contributed by atoms with Gasteiger partial charge in [-0.05, 0) is 31.8 Å². The number of rotatable bonds is 3. The first-order chi connectivity index (χ1) is 6.79. The molecule has 14 heavy (non-hydrogen) atoms. The van der Waals surface area contributed by atoms with Gasteiger partial charge in [0.15, 0.2) is 5.84 Å². The van der Waals surface area contributed by atoms with E-state index in [-0.39, 0.29) is 5.84 Å². The van der Waals surface area contributed by atoms with Gasteiger partial charge in [-0.2, -0.15) is 0 Å². The molecule has 80 valence electrons. The average Bonchev–Trinajstić information content (AvgIpc) is 2.27. The van der Waals surface area contributed by atoms with Crippen LogP contribution in [0.15, 0.2) is 5.16 Å². The van der Waals surface area contributed by atoms with E-state index in [1.807, 2.05) is 0 Å². The van der Waals surface area contributed by atoms with Crippen LogP contribution in [0, 0.1) is 5.92 Å². The molecule has 0 aromatic heterocycles. The van der Waals surface area contributed by atoms with Crippen molar-refractivity contribution in [3.05, 3.63) is 0 Å². The molecule has 0 amide bonds. The van der Waals surface area contributed by atoms with Gasteiger partial charge < -0.3 is 21.2 Å². The number of piperidine rings is 3. The van der Waals surface area contributed by atoms with Crippen LogP contribution in [0.2, 0.25) is 0 Å². The molecule has 3 fully saturated rings. The van der Waals surface area contributed by atoms with E-state index in [9.17, 15) is 0 Å². The number of hydrogen-bond acceptors (Lipinski definition) is 4. The van der Waals surface area contributed by atoms with E-state index in [0.717, 1.165) is 12.5 Å². The summed E-state index contributed by atoms with van der Waals surface area (Å²) in [7, 11) is 0. The predicted molar refractivity (Wildman–Crippen MR) is 54.4 cm³/mol. The monoisotopic (exact) mass is 198 g/mol. The van der Waals surface area contributed by atoms with Crippen LogP contribution in [0.3, 0.4) is 0 Å². The lowest BCUT2D eigenvalue weighted by Crippen LogP contribution is -2.57. The summed E-state index contributed by atoms with van der Waals surface area (Å²) in [5, 5.41) is 14.7. The summed E-state index contributed by atoms with van der Waals surface area (Å²) in [6, 6.07) is 0.526. The Kier molecular flexibility index (Phi) is 2.88. The second-order valence-corrected chi connectivity index (χ2v) is 4.22.